The van der Waals surface area contributed by atoms with Gasteiger partial charge in [-0.15, -0.1) is 0 Å². The molecule has 1 spiro atoms. The highest BCUT2D eigenvalue weighted by molar-refractivity contribution is 6.08. The number of imide groups is 1. The molecule has 1 aromatic heterocycles. The molecule has 1 aliphatic carbocycles. The molecule has 0 bridgehead atoms. The SMILES string of the molecule is CC(c1ccccc1)n1cc(NC(=O)C(C)(O)CN2C(=O)NC3(CCCC3)C2=O)cn1. The molecule has 31 heavy (non-hydrogen) atoms. The Morgan fingerprint density at radius 1 is 1.29 bits per heavy atom. The number of aromatic nitrogens is 2. The zero-order valence-corrected chi connectivity index (χ0v) is 17.7. The fourth-order valence-electron chi connectivity index (χ4n) is 4.28. The third-order valence-corrected chi connectivity index (χ3v) is 6.20. The van der Waals surface area contributed by atoms with Crippen LogP contribution in [0.1, 0.15) is 51.1 Å². The summed E-state index contributed by atoms with van der Waals surface area (Å²) in [5, 5.41) is 20.4. The van der Waals surface area contributed by atoms with Gasteiger partial charge in [0.15, 0.2) is 5.60 Å². The van der Waals surface area contributed by atoms with Gasteiger partial charge in [-0.1, -0.05) is 43.2 Å². The van der Waals surface area contributed by atoms with E-state index in [-0.39, 0.29) is 11.9 Å². The van der Waals surface area contributed by atoms with Crippen molar-refractivity contribution in [1.82, 2.24) is 20.0 Å². The average Bonchev–Trinajstić information content (AvgIpc) is 3.46. The second-order valence-electron chi connectivity index (χ2n) is 8.63. The number of hydrogen-bond acceptors (Lipinski definition) is 5. The quantitative estimate of drug-likeness (QED) is 0.613. The number of hydrogen-bond donors (Lipinski definition) is 3. The normalized spacial score (nSPS) is 20.5. The van der Waals surface area contributed by atoms with E-state index in [9.17, 15) is 19.5 Å². The van der Waals surface area contributed by atoms with Crippen LogP contribution in [0.5, 0.6) is 0 Å². The van der Waals surface area contributed by atoms with Gasteiger partial charge in [0.25, 0.3) is 11.8 Å². The number of nitrogens with zero attached hydrogens (tertiary/aromatic N) is 3. The number of benzene rings is 1. The van der Waals surface area contributed by atoms with Crippen molar-refractivity contribution in [3.05, 3.63) is 48.3 Å². The highest BCUT2D eigenvalue weighted by Gasteiger charge is 2.54. The maximum Gasteiger partial charge on any atom is 0.325 e. The summed E-state index contributed by atoms with van der Waals surface area (Å²) in [7, 11) is 0. The van der Waals surface area contributed by atoms with Gasteiger partial charge in [0.2, 0.25) is 0 Å². The first kappa shape index (κ1) is 21.0. The van der Waals surface area contributed by atoms with Crippen molar-refractivity contribution in [3.63, 3.8) is 0 Å². The number of nitrogens with one attached hydrogen (secondary N) is 2. The first-order valence-electron chi connectivity index (χ1n) is 10.5. The number of carbonyl (C=O) groups is 3. The lowest BCUT2D eigenvalue weighted by Crippen LogP contribution is -2.52. The van der Waals surface area contributed by atoms with E-state index in [0.717, 1.165) is 23.3 Å². The maximum absolute atomic E-state index is 12.8. The number of urea groups is 1. The summed E-state index contributed by atoms with van der Waals surface area (Å²) in [5.74, 6) is -1.08. The van der Waals surface area contributed by atoms with Gasteiger partial charge >= 0.3 is 6.03 Å². The average molecular weight is 425 g/mol. The smallest absolute Gasteiger partial charge is 0.325 e. The van der Waals surface area contributed by atoms with Crippen molar-refractivity contribution in [3.8, 4) is 0 Å². The van der Waals surface area contributed by atoms with Crippen molar-refractivity contribution < 1.29 is 19.5 Å². The molecule has 2 unspecified atom stereocenters. The molecule has 0 radical (unpaired) electrons. The van der Waals surface area contributed by atoms with E-state index in [1.54, 1.807) is 10.9 Å². The number of carbonyl (C=O) groups excluding carboxylic acids is 3. The molecule has 2 aromatic rings. The minimum atomic E-state index is -1.95. The highest BCUT2D eigenvalue weighted by atomic mass is 16.3. The molecule has 1 aromatic carbocycles. The summed E-state index contributed by atoms with van der Waals surface area (Å²) in [6.07, 6.45) is 6.06. The van der Waals surface area contributed by atoms with Crippen LogP contribution >= 0.6 is 0 Å². The highest BCUT2D eigenvalue weighted by Crippen LogP contribution is 2.35. The van der Waals surface area contributed by atoms with E-state index < -0.39 is 29.6 Å². The van der Waals surface area contributed by atoms with Gasteiger partial charge in [0.05, 0.1) is 24.5 Å². The van der Waals surface area contributed by atoms with E-state index >= 15 is 0 Å². The van der Waals surface area contributed by atoms with Gasteiger partial charge in [0.1, 0.15) is 5.54 Å². The lowest BCUT2D eigenvalue weighted by atomic mass is 9.97. The Kier molecular flexibility index (Phi) is 5.30. The summed E-state index contributed by atoms with van der Waals surface area (Å²) in [6, 6.07) is 9.20. The van der Waals surface area contributed by atoms with Gasteiger partial charge in [-0.25, -0.2) is 4.79 Å². The predicted octanol–water partition coefficient (Wildman–Crippen LogP) is 2.05. The number of amides is 4. The molecule has 4 amide bonds. The van der Waals surface area contributed by atoms with E-state index in [2.05, 4.69) is 15.7 Å². The van der Waals surface area contributed by atoms with Gasteiger partial charge < -0.3 is 15.7 Å². The van der Waals surface area contributed by atoms with Crippen molar-refractivity contribution in [2.75, 3.05) is 11.9 Å². The zero-order valence-electron chi connectivity index (χ0n) is 17.7. The van der Waals surface area contributed by atoms with Gasteiger partial charge in [0, 0.05) is 6.20 Å². The van der Waals surface area contributed by atoms with Crippen LogP contribution in [-0.4, -0.2) is 55.3 Å². The second-order valence-corrected chi connectivity index (χ2v) is 8.63. The van der Waals surface area contributed by atoms with Crippen LogP contribution in [0.15, 0.2) is 42.7 Å². The Morgan fingerprint density at radius 2 is 1.97 bits per heavy atom. The lowest BCUT2D eigenvalue weighted by molar-refractivity contribution is -0.139. The fraction of sp³-hybridized carbons (Fsp3) is 0.455. The van der Waals surface area contributed by atoms with E-state index in [1.807, 2.05) is 37.3 Å². The number of aliphatic hydroxyl groups is 1. The standard InChI is InChI=1S/C22H27N5O4/c1-15(16-8-4-3-5-9-16)27-13-17(12-23-27)24-18(28)21(2,31)14-26-19(29)22(25-20(26)30)10-6-7-11-22/h3-5,8-9,12-13,15,31H,6-7,10-11,14H2,1-2H3,(H,24,28)(H,25,30). The predicted molar refractivity (Wildman–Crippen MR) is 113 cm³/mol. The van der Waals surface area contributed by atoms with Gasteiger partial charge in [-0.05, 0) is 32.3 Å². The monoisotopic (exact) mass is 425 g/mol. The molecule has 1 saturated carbocycles. The molecule has 2 atom stereocenters. The minimum absolute atomic E-state index is 0.0409. The fourth-order valence-corrected chi connectivity index (χ4v) is 4.28. The Hall–Kier alpha value is -3.20. The van der Waals surface area contributed by atoms with Gasteiger partial charge in [-0.2, -0.15) is 5.10 Å². The third kappa shape index (κ3) is 3.93. The number of rotatable bonds is 6. The lowest BCUT2D eigenvalue weighted by Gasteiger charge is -2.27. The summed E-state index contributed by atoms with van der Waals surface area (Å²) in [6.45, 7) is 2.86. The first-order chi connectivity index (χ1) is 14.7. The van der Waals surface area contributed by atoms with Crippen LogP contribution < -0.4 is 10.6 Å². The summed E-state index contributed by atoms with van der Waals surface area (Å²) in [4.78, 5) is 38.8. The van der Waals surface area contributed by atoms with Crippen molar-refractivity contribution in [2.45, 2.75) is 56.7 Å². The molecule has 2 aliphatic rings. The van der Waals surface area contributed by atoms with Crippen LogP contribution in [0, 0.1) is 0 Å². The van der Waals surface area contributed by atoms with Crippen LogP contribution in [0.2, 0.25) is 0 Å². The molecule has 2 heterocycles. The Bertz CT molecular complexity index is 994. The second kappa shape index (κ2) is 7.81. The minimum Gasteiger partial charge on any atom is -0.378 e. The summed E-state index contributed by atoms with van der Waals surface area (Å²) in [5.41, 5.74) is -1.35. The summed E-state index contributed by atoms with van der Waals surface area (Å²) >= 11 is 0. The Morgan fingerprint density at radius 3 is 2.65 bits per heavy atom. The van der Waals surface area contributed by atoms with E-state index in [1.165, 1.54) is 13.1 Å². The van der Waals surface area contributed by atoms with Crippen LogP contribution in [0.25, 0.3) is 0 Å². The first-order valence-corrected chi connectivity index (χ1v) is 10.5. The van der Waals surface area contributed by atoms with Crippen molar-refractivity contribution >= 4 is 23.5 Å². The van der Waals surface area contributed by atoms with Crippen LogP contribution in [-0.2, 0) is 9.59 Å². The largest absolute Gasteiger partial charge is 0.378 e. The van der Waals surface area contributed by atoms with Crippen molar-refractivity contribution in [1.29, 1.82) is 0 Å². The Balaban J connectivity index is 1.42. The van der Waals surface area contributed by atoms with Gasteiger partial charge in [-0.3, -0.25) is 19.2 Å². The summed E-state index contributed by atoms with van der Waals surface area (Å²) < 4.78 is 1.71. The molecule has 3 N–H and O–H groups in total. The molecular weight excluding hydrogens is 398 g/mol. The molecule has 9 nitrogen and oxygen atoms in total. The van der Waals surface area contributed by atoms with E-state index in [4.69, 9.17) is 0 Å². The molecule has 164 valence electrons. The van der Waals surface area contributed by atoms with Crippen molar-refractivity contribution in [2.24, 2.45) is 0 Å². The third-order valence-electron chi connectivity index (χ3n) is 6.20. The molecule has 1 saturated heterocycles. The Labute approximate surface area is 180 Å². The maximum atomic E-state index is 12.8. The van der Waals surface area contributed by atoms with E-state index in [0.29, 0.717) is 18.5 Å². The molecular formula is C22H27N5O4. The molecule has 1 aliphatic heterocycles. The molecule has 2 fully saturated rings. The molecule has 9 heteroatoms. The number of anilines is 1. The topological polar surface area (TPSA) is 117 Å². The number of β-amino-alcohol motifs (C(OH)–C–C–N with tert-alkyl or cyclic N) is 1. The van der Waals surface area contributed by atoms with Crippen LogP contribution in [0.3, 0.4) is 0 Å². The zero-order chi connectivity index (χ0) is 22.2. The molecule has 4 rings (SSSR count). The van der Waals surface area contributed by atoms with Crippen LogP contribution in [0.4, 0.5) is 10.5 Å².